The molecule has 20 heavy (non-hydrogen) atoms. The summed E-state index contributed by atoms with van der Waals surface area (Å²) in [6.07, 6.45) is 6.72. The molecular formula is C17H10N3. The second-order valence-electron chi connectivity index (χ2n) is 4.61. The fourth-order valence-corrected chi connectivity index (χ4v) is 2.50. The number of nitrogens with zero attached hydrogens (tertiary/aromatic N) is 3. The molecule has 0 atom stereocenters. The van der Waals surface area contributed by atoms with Crippen LogP contribution in [0.1, 0.15) is 0 Å². The van der Waals surface area contributed by atoms with E-state index in [0.717, 1.165) is 32.8 Å². The SMILES string of the molecule is [c]1nnc2ccccc2c1-c1cccc2ccncc12. The van der Waals surface area contributed by atoms with Gasteiger partial charge < -0.3 is 0 Å². The van der Waals surface area contributed by atoms with E-state index in [2.05, 4.69) is 33.5 Å². The molecule has 0 N–H and O–H groups in total. The van der Waals surface area contributed by atoms with Crippen LogP contribution in [0.5, 0.6) is 0 Å². The molecule has 2 aromatic carbocycles. The van der Waals surface area contributed by atoms with Crippen molar-refractivity contribution in [2.24, 2.45) is 0 Å². The Balaban J connectivity index is 2.12. The minimum Gasteiger partial charge on any atom is -0.264 e. The summed E-state index contributed by atoms with van der Waals surface area (Å²) in [5.41, 5.74) is 2.93. The highest BCUT2D eigenvalue weighted by Crippen LogP contribution is 2.31. The summed E-state index contributed by atoms with van der Waals surface area (Å²) >= 11 is 0. The van der Waals surface area contributed by atoms with Crippen LogP contribution in [0.25, 0.3) is 32.8 Å². The maximum atomic E-state index is 4.23. The van der Waals surface area contributed by atoms with Gasteiger partial charge in [0.25, 0.3) is 0 Å². The molecule has 0 spiro atoms. The Labute approximate surface area is 115 Å². The van der Waals surface area contributed by atoms with Crippen molar-refractivity contribution in [1.29, 1.82) is 0 Å². The standard InChI is InChI=1S/C17H10N3/c1-2-7-17-14(5-1)16(11-19-20-17)13-6-3-4-12-8-9-18-10-15(12)13/h1-10H. The Hall–Kier alpha value is -2.81. The van der Waals surface area contributed by atoms with Crippen LogP contribution in [0, 0.1) is 6.20 Å². The van der Waals surface area contributed by atoms with Gasteiger partial charge in [0.1, 0.15) is 6.20 Å². The van der Waals surface area contributed by atoms with E-state index in [9.17, 15) is 0 Å². The van der Waals surface area contributed by atoms with Crippen molar-refractivity contribution in [2.45, 2.75) is 0 Å². The summed E-state index contributed by atoms with van der Waals surface area (Å²) in [5, 5.41) is 11.4. The van der Waals surface area contributed by atoms with Crippen LogP contribution in [0.3, 0.4) is 0 Å². The van der Waals surface area contributed by atoms with E-state index >= 15 is 0 Å². The van der Waals surface area contributed by atoms with Crippen molar-refractivity contribution in [3.63, 3.8) is 0 Å². The van der Waals surface area contributed by atoms with E-state index in [1.54, 1.807) is 6.20 Å². The van der Waals surface area contributed by atoms with Crippen molar-refractivity contribution < 1.29 is 0 Å². The predicted molar refractivity (Wildman–Crippen MR) is 79.1 cm³/mol. The molecule has 0 amide bonds. The van der Waals surface area contributed by atoms with Gasteiger partial charge in [0, 0.05) is 28.7 Å². The smallest absolute Gasteiger partial charge is 0.122 e. The highest BCUT2D eigenvalue weighted by molar-refractivity contribution is 6.03. The van der Waals surface area contributed by atoms with Gasteiger partial charge >= 0.3 is 0 Å². The molecule has 0 bridgehead atoms. The van der Waals surface area contributed by atoms with Crippen molar-refractivity contribution in [1.82, 2.24) is 15.2 Å². The van der Waals surface area contributed by atoms with E-state index < -0.39 is 0 Å². The topological polar surface area (TPSA) is 38.7 Å². The van der Waals surface area contributed by atoms with Crippen LogP contribution in [-0.2, 0) is 0 Å². The largest absolute Gasteiger partial charge is 0.264 e. The third-order valence-electron chi connectivity index (χ3n) is 3.45. The Kier molecular flexibility index (Phi) is 2.42. The molecule has 0 aliphatic carbocycles. The zero-order valence-corrected chi connectivity index (χ0v) is 10.6. The van der Waals surface area contributed by atoms with Crippen LogP contribution < -0.4 is 0 Å². The lowest BCUT2D eigenvalue weighted by atomic mass is 9.98. The van der Waals surface area contributed by atoms with Gasteiger partial charge in [-0.05, 0) is 23.1 Å². The summed E-state index contributed by atoms with van der Waals surface area (Å²) in [5.74, 6) is 0. The average molecular weight is 256 g/mol. The molecule has 0 aliphatic rings. The van der Waals surface area contributed by atoms with Gasteiger partial charge in [-0.3, -0.25) is 4.98 Å². The molecule has 0 saturated heterocycles. The first-order valence-corrected chi connectivity index (χ1v) is 6.40. The summed E-state index contributed by atoms with van der Waals surface area (Å²) in [6, 6.07) is 16.2. The first-order chi connectivity index (χ1) is 9.93. The molecule has 4 rings (SSSR count). The number of pyridine rings is 1. The molecule has 4 aromatic rings. The maximum absolute atomic E-state index is 4.23. The molecule has 0 fully saturated rings. The normalized spacial score (nSPS) is 11.0. The highest BCUT2D eigenvalue weighted by atomic mass is 15.1. The third-order valence-corrected chi connectivity index (χ3v) is 3.45. The molecule has 0 unspecified atom stereocenters. The van der Waals surface area contributed by atoms with E-state index in [1.807, 2.05) is 42.6 Å². The lowest BCUT2D eigenvalue weighted by molar-refractivity contribution is 1.07. The average Bonchev–Trinajstić information content (AvgIpc) is 2.54. The first-order valence-electron chi connectivity index (χ1n) is 6.40. The minimum atomic E-state index is 0.877. The molecule has 2 aromatic heterocycles. The van der Waals surface area contributed by atoms with E-state index in [1.165, 1.54) is 0 Å². The van der Waals surface area contributed by atoms with E-state index in [4.69, 9.17) is 0 Å². The Morgan fingerprint density at radius 1 is 0.850 bits per heavy atom. The second kappa shape index (κ2) is 4.38. The minimum absolute atomic E-state index is 0.877. The zero-order valence-electron chi connectivity index (χ0n) is 10.6. The number of fused-ring (bicyclic) bond motifs is 2. The maximum Gasteiger partial charge on any atom is 0.122 e. The van der Waals surface area contributed by atoms with Crippen LogP contribution >= 0.6 is 0 Å². The molecular weight excluding hydrogens is 246 g/mol. The predicted octanol–water partition coefficient (Wildman–Crippen LogP) is 3.65. The molecule has 3 nitrogen and oxygen atoms in total. The number of hydrogen-bond acceptors (Lipinski definition) is 3. The third kappa shape index (κ3) is 1.64. The van der Waals surface area contributed by atoms with E-state index in [-0.39, 0.29) is 0 Å². The molecule has 3 heteroatoms. The quantitative estimate of drug-likeness (QED) is 0.522. The van der Waals surface area contributed by atoms with Crippen LogP contribution in [-0.4, -0.2) is 15.2 Å². The fourth-order valence-electron chi connectivity index (χ4n) is 2.50. The van der Waals surface area contributed by atoms with Gasteiger partial charge in [0.15, 0.2) is 0 Å². The van der Waals surface area contributed by atoms with E-state index in [0.29, 0.717) is 0 Å². The van der Waals surface area contributed by atoms with Crippen molar-refractivity contribution in [3.8, 4) is 11.1 Å². The lowest BCUT2D eigenvalue weighted by Gasteiger charge is -2.08. The van der Waals surface area contributed by atoms with Crippen molar-refractivity contribution in [3.05, 3.63) is 67.1 Å². The highest BCUT2D eigenvalue weighted by Gasteiger charge is 2.09. The van der Waals surface area contributed by atoms with Gasteiger partial charge in [0.2, 0.25) is 0 Å². The summed E-state index contributed by atoms with van der Waals surface area (Å²) < 4.78 is 0. The summed E-state index contributed by atoms with van der Waals surface area (Å²) in [4.78, 5) is 4.23. The molecule has 0 saturated carbocycles. The Morgan fingerprint density at radius 3 is 2.80 bits per heavy atom. The van der Waals surface area contributed by atoms with Crippen molar-refractivity contribution >= 4 is 21.7 Å². The summed E-state index contributed by atoms with van der Waals surface area (Å²) in [6.45, 7) is 0. The van der Waals surface area contributed by atoms with Crippen molar-refractivity contribution in [2.75, 3.05) is 0 Å². The van der Waals surface area contributed by atoms with Crippen LogP contribution in [0.2, 0.25) is 0 Å². The number of rotatable bonds is 1. The Morgan fingerprint density at radius 2 is 1.80 bits per heavy atom. The zero-order chi connectivity index (χ0) is 13.4. The van der Waals surface area contributed by atoms with Gasteiger partial charge in [-0.25, -0.2) is 0 Å². The second-order valence-corrected chi connectivity index (χ2v) is 4.61. The monoisotopic (exact) mass is 256 g/mol. The molecule has 2 heterocycles. The lowest BCUT2D eigenvalue weighted by Crippen LogP contribution is -1.89. The summed E-state index contributed by atoms with van der Waals surface area (Å²) in [7, 11) is 0. The molecule has 0 aliphatic heterocycles. The number of aromatic nitrogens is 3. The van der Waals surface area contributed by atoms with Crippen LogP contribution in [0.4, 0.5) is 0 Å². The Bertz CT molecular complexity index is 828. The van der Waals surface area contributed by atoms with Crippen LogP contribution in [0.15, 0.2) is 60.9 Å². The van der Waals surface area contributed by atoms with Gasteiger partial charge in [-0.1, -0.05) is 36.4 Å². The van der Waals surface area contributed by atoms with Gasteiger partial charge in [-0.15, -0.1) is 10.2 Å². The number of benzene rings is 2. The van der Waals surface area contributed by atoms with Gasteiger partial charge in [-0.2, -0.15) is 0 Å². The fraction of sp³-hybridized carbons (Fsp3) is 0. The molecule has 93 valence electrons. The molecule has 1 radical (unpaired) electrons. The first kappa shape index (κ1) is 11.1. The number of hydrogen-bond donors (Lipinski definition) is 0. The van der Waals surface area contributed by atoms with Gasteiger partial charge in [0.05, 0.1) is 5.52 Å².